The number of morpholine rings is 1. The summed E-state index contributed by atoms with van der Waals surface area (Å²) in [7, 11) is 0. The van der Waals surface area contributed by atoms with Gasteiger partial charge in [0.15, 0.2) is 0 Å². The number of ether oxygens (including phenoxy) is 1. The molecule has 1 atom stereocenters. The van der Waals surface area contributed by atoms with E-state index in [0.717, 1.165) is 25.3 Å². The summed E-state index contributed by atoms with van der Waals surface area (Å²) in [5, 5.41) is 0. The Morgan fingerprint density at radius 1 is 1.56 bits per heavy atom. The molecule has 2 rings (SSSR count). The van der Waals surface area contributed by atoms with Gasteiger partial charge in [0.25, 0.3) is 0 Å². The molecule has 0 amide bonds. The molecule has 4 heteroatoms. The van der Waals surface area contributed by atoms with Crippen LogP contribution in [0.25, 0.3) is 0 Å². The van der Waals surface area contributed by atoms with E-state index in [1.165, 1.54) is 0 Å². The zero-order valence-electron chi connectivity index (χ0n) is 9.98. The minimum absolute atomic E-state index is 0.0273. The fourth-order valence-corrected chi connectivity index (χ4v) is 2.36. The molecule has 1 aliphatic rings. The normalized spacial score (nSPS) is 23.2. The summed E-state index contributed by atoms with van der Waals surface area (Å²) in [6.07, 6.45) is 3.48. The fraction of sp³-hybridized carbons (Fsp3) is 0.667. The van der Waals surface area contributed by atoms with Crippen molar-refractivity contribution in [2.75, 3.05) is 26.3 Å². The molecular weight excluding hydrogens is 204 g/mol. The average molecular weight is 224 g/mol. The first-order chi connectivity index (χ1) is 7.65. The van der Waals surface area contributed by atoms with Crippen LogP contribution in [0.1, 0.15) is 25.5 Å². The second-order valence-electron chi connectivity index (χ2n) is 4.87. The third kappa shape index (κ3) is 2.14. The van der Waals surface area contributed by atoms with E-state index in [4.69, 9.17) is 14.9 Å². The molecule has 1 unspecified atom stereocenters. The minimum atomic E-state index is 0.0273. The van der Waals surface area contributed by atoms with E-state index in [1.807, 2.05) is 6.07 Å². The molecule has 16 heavy (non-hydrogen) atoms. The molecule has 90 valence electrons. The Labute approximate surface area is 96.4 Å². The molecule has 0 bridgehead atoms. The lowest BCUT2D eigenvalue weighted by molar-refractivity contribution is -0.0713. The highest BCUT2D eigenvalue weighted by Crippen LogP contribution is 2.30. The molecule has 0 aromatic carbocycles. The summed E-state index contributed by atoms with van der Waals surface area (Å²) in [6.45, 7) is 7.42. The Kier molecular flexibility index (Phi) is 3.33. The van der Waals surface area contributed by atoms with Crippen LogP contribution < -0.4 is 5.73 Å². The Morgan fingerprint density at radius 3 is 2.94 bits per heavy atom. The van der Waals surface area contributed by atoms with Crippen LogP contribution in [-0.4, -0.2) is 36.7 Å². The molecule has 2 heterocycles. The van der Waals surface area contributed by atoms with Crippen LogP contribution in [0, 0.1) is 0 Å². The number of hydrogen-bond donors (Lipinski definition) is 1. The first-order valence-electron chi connectivity index (χ1n) is 5.72. The molecule has 0 saturated carbocycles. The topological polar surface area (TPSA) is 51.6 Å². The lowest BCUT2D eigenvalue weighted by Crippen LogP contribution is -2.55. The average Bonchev–Trinajstić information content (AvgIpc) is 2.75. The van der Waals surface area contributed by atoms with Crippen LogP contribution in [0.15, 0.2) is 23.0 Å². The largest absolute Gasteiger partial charge is 0.472 e. The van der Waals surface area contributed by atoms with Crippen LogP contribution in [0.5, 0.6) is 0 Å². The SMILES string of the molecule is CC1(C)COCCN1C(CN)c1ccoc1. The number of nitrogens with two attached hydrogens (primary N) is 1. The van der Waals surface area contributed by atoms with E-state index in [-0.39, 0.29) is 11.6 Å². The van der Waals surface area contributed by atoms with Gasteiger partial charge in [-0.1, -0.05) is 0 Å². The van der Waals surface area contributed by atoms with Crippen molar-refractivity contribution in [1.82, 2.24) is 4.90 Å². The van der Waals surface area contributed by atoms with Gasteiger partial charge in [0.2, 0.25) is 0 Å². The fourth-order valence-electron chi connectivity index (χ4n) is 2.36. The number of hydrogen-bond acceptors (Lipinski definition) is 4. The highest BCUT2D eigenvalue weighted by Gasteiger charge is 2.35. The van der Waals surface area contributed by atoms with Gasteiger partial charge in [-0.2, -0.15) is 0 Å². The Bertz CT molecular complexity index is 322. The first kappa shape index (κ1) is 11.6. The van der Waals surface area contributed by atoms with Crippen molar-refractivity contribution in [2.45, 2.75) is 25.4 Å². The number of rotatable bonds is 3. The third-order valence-electron chi connectivity index (χ3n) is 3.24. The minimum Gasteiger partial charge on any atom is -0.472 e. The van der Waals surface area contributed by atoms with Gasteiger partial charge in [0.1, 0.15) is 0 Å². The van der Waals surface area contributed by atoms with E-state index < -0.39 is 0 Å². The molecule has 0 radical (unpaired) electrons. The second kappa shape index (κ2) is 4.57. The van der Waals surface area contributed by atoms with Crippen molar-refractivity contribution in [2.24, 2.45) is 5.73 Å². The van der Waals surface area contributed by atoms with Crippen LogP contribution in [0.2, 0.25) is 0 Å². The van der Waals surface area contributed by atoms with Crippen LogP contribution >= 0.6 is 0 Å². The predicted molar refractivity (Wildman–Crippen MR) is 62.1 cm³/mol. The van der Waals surface area contributed by atoms with Gasteiger partial charge < -0.3 is 14.9 Å². The summed E-state index contributed by atoms with van der Waals surface area (Å²) in [5.41, 5.74) is 7.07. The van der Waals surface area contributed by atoms with E-state index in [9.17, 15) is 0 Å². The zero-order chi connectivity index (χ0) is 11.6. The van der Waals surface area contributed by atoms with Gasteiger partial charge in [-0.05, 0) is 19.9 Å². The maximum atomic E-state index is 5.89. The molecule has 2 N–H and O–H groups in total. The summed E-state index contributed by atoms with van der Waals surface area (Å²) < 4.78 is 10.7. The Balaban J connectivity index is 2.20. The lowest BCUT2D eigenvalue weighted by atomic mass is 9.97. The number of furan rings is 1. The van der Waals surface area contributed by atoms with Gasteiger partial charge >= 0.3 is 0 Å². The van der Waals surface area contributed by atoms with Crippen LogP contribution in [0.4, 0.5) is 0 Å². The third-order valence-corrected chi connectivity index (χ3v) is 3.24. The Hall–Kier alpha value is -0.840. The van der Waals surface area contributed by atoms with Gasteiger partial charge in [0.05, 0.1) is 31.8 Å². The van der Waals surface area contributed by atoms with Crippen molar-refractivity contribution in [3.05, 3.63) is 24.2 Å². The van der Waals surface area contributed by atoms with Crippen molar-refractivity contribution in [3.63, 3.8) is 0 Å². The van der Waals surface area contributed by atoms with Crippen molar-refractivity contribution in [3.8, 4) is 0 Å². The van der Waals surface area contributed by atoms with Crippen LogP contribution in [0.3, 0.4) is 0 Å². The maximum absolute atomic E-state index is 5.89. The summed E-state index contributed by atoms with van der Waals surface area (Å²) in [4.78, 5) is 2.40. The molecule has 0 spiro atoms. The second-order valence-corrected chi connectivity index (χ2v) is 4.87. The smallest absolute Gasteiger partial charge is 0.0950 e. The van der Waals surface area contributed by atoms with Crippen LogP contribution in [-0.2, 0) is 4.74 Å². The van der Waals surface area contributed by atoms with Gasteiger partial charge in [-0.15, -0.1) is 0 Å². The molecular formula is C12H20N2O2. The Morgan fingerprint density at radius 2 is 2.38 bits per heavy atom. The van der Waals surface area contributed by atoms with Gasteiger partial charge in [0, 0.05) is 24.2 Å². The van der Waals surface area contributed by atoms with Crippen molar-refractivity contribution < 1.29 is 9.15 Å². The highest BCUT2D eigenvalue weighted by molar-refractivity contribution is 5.14. The quantitative estimate of drug-likeness (QED) is 0.843. The summed E-state index contributed by atoms with van der Waals surface area (Å²) in [6, 6.07) is 2.21. The first-order valence-corrected chi connectivity index (χ1v) is 5.72. The monoisotopic (exact) mass is 224 g/mol. The maximum Gasteiger partial charge on any atom is 0.0950 e. The standard InChI is InChI=1S/C12H20N2O2/c1-12(2)9-16-6-4-14(12)11(7-13)10-3-5-15-8-10/h3,5,8,11H,4,6-7,9,13H2,1-2H3. The molecule has 1 saturated heterocycles. The number of nitrogens with zero attached hydrogens (tertiary/aromatic N) is 1. The molecule has 1 aromatic rings. The lowest BCUT2D eigenvalue weighted by Gasteiger charge is -2.46. The zero-order valence-corrected chi connectivity index (χ0v) is 9.98. The molecule has 0 aliphatic carbocycles. The van der Waals surface area contributed by atoms with E-state index in [2.05, 4.69) is 18.7 Å². The molecule has 1 aromatic heterocycles. The predicted octanol–water partition coefficient (Wildman–Crippen LogP) is 1.39. The summed E-state index contributed by atoms with van der Waals surface area (Å²) >= 11 is 0. The van der Waals surface area contributed by atoms with Gasteiger partial charge in [-0.3, -0.25) is 4.90 Å². The van der Waals surface area contributed by atoms with Crippen molar-refractivity contribution >= 4 is 0 Å². The molecule has 1 aliphatic heterocycles. The van der Waals surface area contributed by atoms with E-state index in [0.29, 0.717) is 6.54 Å². The van der Waals surface area contributed by atoms with E-state index >= 15 is 0 Å². The van der Waals surface area contributed by atoms with Crippen molar-refractivity contribution in [1.29, 1.82) is 0 Å². The summed E-state index contributed by atoms with van der Waals surface area (Å²) in [5.74, 6) is 0. The van der Waals surface area contributed by atoms with E-state index in [1.54, 1.807) is 12.5 Å². The van der Waals surface area contributed by atoms with Gasteiger partial charge in [-0.25, -0.2) is 0 Å². The molecule has 4 nitrogen and oxygen atoms in total. The highest BCUT2D eigenvalue weighted by atomic mass is 16.5. The molecule has 1 fully saturated rings.